The quantitative estimate of drug-likeness (QED) is 0.519. The molecule has 3 saturated heterocycles. The SMILES string of the molecule is COc1ccc(C(=O)C2CCN(C(=O)c3cc(CC4NNC(=O)C5CCCNC45)ccc3F)CC2)cc1. The van der Waals surface area contributed by atoms with Crippen molar-refractivity contribution in [2.24, 2.45) is 11.8 Å². The molecule has 3 aliphatic rings. The van der Waals surface area contributed by atoms with E-state index in [1.54, 1.807) is 48.4 Å². The second-order valence-electron chi connectivity index (χ2n) is 10.1. The van der Waals surface area contributed by atoms with Crippen LogP contribution in [-0.4, -0.2) is 61.3 Å². The number of amides is 2. The Morgan fingerprint density at radius 3 is 2.57 bits per heavy atom. The molecule has 5 rings (SSSR count). The number of ether oxygens (including phenoxy) is 1. The third-order valence-corrected chi connectivity index (χ3v) is 7.90. The van der Waals surface area contributed by atoms with Gasteiger partial charge >= 0.3 is 0 Å². The van der Waals surface area contributed by atoms with Crippen molar-refractivity contribution in [3.63, 3.8) is 0 Å². The number of carbonyl (C=O) groups excluding carboxylic acids is 3. The van der Waals surface area contributed by atoms with E-state index in [1.807, 2.05) is 0 Å². The van der Waals surface area contributed by atoms with E-state index in [2.05, 4.69) is 16.2 Å². The summed E-state index contributed by atoms with van der Waals surface area (Å²) in [7, 11) is 1.58. The molecule has 3 atom stereocenters. The van der Waals surface area contributed by atoms with Crippen LogP contribution in [0.1, 0.15) is 52.0 Å². The van der Waals surface area contributed by atoms with Gasteiger partial charge in [0.15, 0.2) is 5.78 Å². The first kappa shape index (κ1) is 25.4. The summed E-state index contributed by atoms with van der Waals surface area (Å²) in [6.45, 7) is 1.66. The van der Waals surface area contributed by atoms with Crippen LogP contribution in [0.15, 0.2) is 42.5 Å². The molecule has 3 fully saturated rings. The normalized spacial score (nSPS) is 24.2. The lowest BCUT2D eigenvalue weighted by molar-refractivity contribution is -0.131. The van der Waals surface area contributed by atoms with Crippen LogP contribution in [0.25, 0.3) is 0 Å². The highest BCUT2D eigenvalue weighted by molar-refractivity contribution is 5.98. The Morgan fingerprint density at radius 2 is 1.84 bits per heavy atom. The molecule has 0 radical (unpaired) electrons. The molecule has 3 heterocycles. The Bertz CT molecular complexity index is 1160. The van der Waals surface area contributed by atoms with Gasteiger partial charge in [0.25, 0.3) is 5.91 Å². The minimum absolute atomic E-state index is 0.00250. The monoisotopic (exact) mass is 508 g/mol. The van der Waals surface area contributed by atoms with Gasteiger partial charge in [-0.3, -0.25) is 19.8 Å². The van der Waals surface area contributed by atoms with Gasteiger partial charge < -0.3 is 15.0 Å². The van der Waals surface area contributed by atoms with Gasteiger partial charge in [-0.1, -0.05) is 6.07 Å². The lowest BCUT2D eigenvalue weighted by Crippen LogP contribution is -2.67. The maximum atomic E-state index is 14.8. The largest absolute Gasteiger partial charge is 0.497 e. The first-order chi connectivity index (χ1) is 17.9. The van der Waals surface area contributed by atoms with Gasteiger partial charge in [-0.05, 0) is 80.6 Å². The molecule has 37 heavy (non-hydrogen) atoms. The van der Waals surface area contributed by atoms with Crippen molar-refractivity contribution in [3.8, 4) is 5.75 Å². The number of nitrogens with one attached hydrogen (secondary N) is 3. The number of halogens is 1. The Labute approximate surface area is 215 Å². The molecule has 3 N–H and O–H groups in total. The second kappa shape index (κ2) is 11.0. The average molecular weight is 509 g/mol. The molecule has 196 valence electrons. The lowest BCUT2D eigenvalue weighted by Gasteiger charge is -2.41. The van der Waals surface area contributed by atoms with Gasteiger partial charge in [0.05, 0.1) is 18.6 Å². The average Bonchev–Trinajstić information content (AvgIpc) is 2.95. The fourth-order valence-electron chi connectivity index (χ4n) is 5.78. The lowest BCUT2D eigenvalue weighted by atomic mass is 9.82. The molecular weight excluding hydrogens is 475 g/mol. The van der Waals surface area contributed by atoms with Crippen molar-refractivity contribution in [2.75, 3.05) is 26.7 Å². The van der Waals surface area contributed by atoms with Crippen LogP contribution < -0.4 is 20.9 Å². The summed E-state index contributed by atoms with van der Waals surface area (Å²) < 4.78 is 19.9. The van der Waals surface area contributed by atoms with Crippen molar-refractivity contribution >= 4 is 17.6 Å². The van der Waals surface area contributed by atoms with E-state index in [0.29, 0.717) is 43.7 Å². The summed E-state index contributed by atoms with van der Waals surface area (Å²) in [5, 5.41) is 3.45. The second-order valence-corrected chi connectivity index (χ2v) is 10.1. The number of piperidine rings is 2. The standard InChI is InChI=1S/C28H33FN4O4/c1-37-20-7-5-18(6-8-20)26(34)19-10-13-33(14-11-19)28(36)22-15-17(4-9-23(22)29)16-24-25-21(3-2-12-30-25)27(35)32-31-24/h4-9,15,19,21,24-25,30-31H,2-3,10-14,16H2,1H3,(H,32,35). The van der Waals surface area contributed by atoms with Crippen molar-refractivity contribution in [3.05, 3.63) is 65.0 Å². The van der Waals surface area contributed by atoms with Crippen LogP contribution in [0, 0.1) is 17.7 Å². The molecule has 0 bridgehead atoms. The van der Waals surface area contributed by atoms with Crippen LogP contribution >= 0.6 is 0 Å². The van der Waals surface area contributed by atoms with Crippen molar-refractivity contribution < 1.29 is 23.5 Å². The number of rotatable bonds is 6. The minimum Gasteiger partial charge on any atom is -0.497 e. The van der Waals surface area contributed by atoms with Crippen LogP contribution in [0.4, 0.5) is 4.39 Å². The number of hydrogen-bond donors (Lipinski definition) is 3. The Kier molecular flexibility index (Phi) is 7.53. The highest BCUT2D eigenvalue weighted by atomic mass is 19.1. The number of Topliss-reactive ketones (excluding diaryl/α,β-unsaturated/α-hetero) is 1. The summed E-state index contributed by atoms with van der Waals surface area (Å²) in [6, 6.07) is 11.7. The third-order valence-electron chi connectivity index (χ3n) is 7.90. The van der Waals surface area contributed by atoms with Gasteiger partial charge in [0.2, 0.25) is 5.91 Å². The maximum Gasteiger partial charge on any atom is 0.256 e. The van der Waals surface area contributed by atoms with Gasteiger partial charge in [-0.15, -0.1) is 0 Å². The molecule has 3 unspecified atom stereocenters. The number of hydrazine groups is 1. The summed E-state index contributed by atoms with van der Waals surface area (Å²) in [6.07, 6.45) is 3.43. The van der Waals surface area contributed by atoms with Crippen LogP contribution in [0.2, 0.25) is 0 Å². The van der Waals surface area contributed by atoms with E-state index in [-0.39, 0.29) is 47.1 Å². The molecular formula is C28H33FN4O4. The summed E-state index contributed by atoms with van der Waals surface area (Å²) in [5.41, 5.74) is 7.36. The van der Waals surface area contributed by atoms with Crippen LogP contribution in [-0.2, 0) is 11.2 Å². The van der Waals surface area contributed by atoms with E-state index in [4.69, 9.17) is 4.74 Å². The van der Waals surface area contributed by atoms with Gasteiger partial charge in [0, 0.05) is 36.7 Å². The molecule has 0 aliphatic carbocycles. The predicted molar refractivity (Wildman–Crippen MR) is 136 cm³/mol. The molecule has 2 aromatic rings. The highest BCUT2D eigenvalue weighted by Gasteiger charge is 2.40. The Morgan fingerprint density at radius 1 is 1.08 bits per heavy atom. The number of fused-ring (bicyclic) bond motifs is 1. The number of carbonyl (C=O) groups is 3. The van der Waals surface area contributed by atoms with Gasteiger partial charge in [-0.2, -0.15) is 0 Å². The fraction of sp³-hybridized carbons (Fsp3) is 0.464. The molecule has 2 amide bonds. The number of methoxy groups -OCH3 is 1. The summed E-state index contributed by atoms with van der Waals surface area (Å²) in [4.78, 5) is 40.0. The zero-order valence-electron chi connectivity index (χ0n) is 21.0. The number of nitrogens with zero attached hydrogens (tertiary/aromatic N) is 1. The first-order valence-corrected chi connectivity index (χ1v) is 13.0. The highest BCUT2D eigenvalue weighted by Crippen LogP contribution is 2.27. The Hall–Kier alpha value is -3.30. The fourth-order valence-corrected chi connectivity index (χ4v) is 5.78. The van der Waals surface area contributed by atoms with Gasteiger partial charge in [0.1, 0.15) is 11.6 Å². The van der Waals surface area contributed by atoms with Crippen molar-refractivity contribution in [2.45, 2.75) is 44.2 Å². The van der Waals surface area contributed by atoms with E-state index < -0.39 is 5.82 Å². The molecule has 9 heteroatoms. The first-order valence-electron chi connectivity index (χ1n) is 13.0. The molecule has 3 aliphatic heterocycles. The number of ketones is 1. The van der Waals surface area contributed by atoms with Crippen molar-refractivity contribution in [1.29, 1.82) is 0 Å². The van der Waals surface area contributed by atoms with Crippen molar-refractivity contribution in [1.82, 2.24) is 21.1 Å². The smallest absolute Gasteiger partial charge is 0.256 e. The molecule has 0 spiro atoms. The van der Waals surface area contributed by atoms with Gasteiger partial charge in [-0.25, -0.2) is 9.82 Å². The number of hydrogen-bond acceptors (Lipinski definition) is 6. The van der Waals surface area contributed by atoms with Crippen LogP contribution in [0.5, 0.6) is 5.75 Å². The minimum atomic E-state index is -0.552. The molecule has 2 aromatic carbocycles. The number of likely N-dealkylation sites (tertiary alicyclic amines) is 1. The molecule has 0 saturated carbocycles. The van der Waals surface area contributed by atoms with E-state index in [9.17, 15) is 18.8 Å². The number of benzene rings is 2. The topological polar surface area (TPSA) is 99.8 Å². The summed E-state index contributed by atoms with van der Waals surface area (Å²) in [5.74, 6) is -0.417. The molecule has 0 aromatic heterocycles. The third kappa shape index (κ3) is 5.38. The zero-order chi connectivity index (χ0) is 25.9. The molecule has 8 nitrogen and oxygen atoms in total. The zero-order valence-corrected chi connectivity index (χ0v) is 21.0. The summed E-state index contributed by atoms with van der Waals surface area (Å²) >= 11 is 0. The predicted octanol–water partition coefficient (Wildman–Crippen LogP) is 2.48. The van der Waals surface area contributed by atoms with Crippen LogP contribution in [0.3, 0.4) is 0 Å². The van der Waals surface area contributed by atoms with E-state index in [0.717, 1.165) is 24.9 Å². The Balaban J connectivity index is 1.22. The van der Waals surface area contributed by atoms with E-state index in [1.165, 1.54) is 6.07 Å². The maximum absolute atomic E-state index is 14.8. The van der Waals surface area contributed by atoms with E-state index >= 15 is 0 Å².